The molecule has 7 nitrogen and oxygen atoms in total. The molecule has 0 aliphatic heterocycles. The van der Waals surface area contributed by atoms with Gasteiger partial charge in [-0.15, -0.1) is 0 Å². The maximum atomic E-state index is 13.0. The number of fused-ring (bicyclic) bond motifs is 3. The standard InChI is InChI=1S/C28H26N2O5/c1-16-10-13-24(22(14-16)27(32)33)29-26(31)25(17-11-12-17)30-28(34)35-15-23-20-8-4-2-6-18(20)19-7-3-5-9-21(19)23/h2-10,13-14,17,23,25H,11-12,15H2,1H3,(H,29,31)(H,30,34)(H,32,33). The Labute approximate surface area is 203 Å². The zero-order valence-electron chi connectivity index (χ0n) is 19.3. The van der Waals surface area contributed by atoms with Crippen LogP contribution >= 0.6 is 0 Å². The maximum Gasteiger partial charge on any atom is 0.407 e. The summed E-state index contributed by atoms with van der Waals surface area (Å²) in [5.41, 5.74) is 5.48. The van der Waals surface area contributed by atoms with E-state index in [-0.39, 0.29) is 29.7 Å². The number of aryl methyl sites for hydroxylation is 1. The third-order valence-electron chi connectivity index (χ3n) is 6.66. The van der Waals surface area contributed by atoms with E-state index < -0.39 is 24.0 Å². The fourth-order valence-corrected chi connectivity index (χ4v) is 4.75. The second-order valence-electron chi connectivity index (χ2n) is 9.13. The summed E-state index contributed by atoms with van der Waals surface area (Å²) in [6.07, 6.45) is 0.948. The minimum Gasteiger partial charge on any atom is -0.478 e. The van der Waals surface area contributed by atoms with E-state index in [9.17, 15) is 19.5 Å². The number of alkyl carbamates (subject to hydrolysis) is 1. The van der Waals surface area contributed by atoms with Crippen LogP contribution < -0.4 is 10.6 Å². The van der Waals surface area contributed by atoms with Gasteiger partial charge in [0.1, 0.15) is 12.6 Å². The van der Waals surface area contributed by atoms with Gasteiger partial charge >= 0.3 is 12.1 Å². The lowest BCUT2D eigenvalue weighted by molar-refractivity contribution is -0.118. The van der Waals surface area contributed by atoms with Crippen LogP contribution in [0, 0.1) is 12.8 Å². The highest BCUT2D eigenvalue weighted by Gasteiger charge is 2.38. The fourth-order valence-electron chi connectivity index (χ4n) is 4.75. The summed E-state index contributed by atoms with van der Waals surface area (Å²) in [5.74, 6) is -1.66. The molecule has 178 valence electrons. The Balaban J connectivity index is 1.26. The summed E-state index contributed by atoms with van der Waals surface area (Å²) < 4.78 is 5.60. The average Bonchev–Trinajstić information content (AvgIpc) is 3.64. The van der Waals surface area contributed by atoms with E-state index in [1.54, 1.807) is 19.1 Å². The van der Waals surface area contributed by atoms with Crippen molar-refractivity contribution in [2.24, 2.45) is 5.92 Å². The van der Waals surface area contributed by atoms with Gasteiger partial charge in [-0.2, -0.15) is 0 Å². The molecule has 5 rings (SSSR count). The Hall–Kier alpha value is -4.13. The van der Waals surface area contributed by atoms with Crippen LogP contribution in [0.15, 0.2) is 66.7 Å². The van der Waals surface area contributed by atoms with E-state index >= 15 is 0 Å². The van der Waals surface area contributed by atoms with Gasteiger partial charge in [-0.1, -0.05) is 60.2 Å². The number of anilines is 1. The predicted molar refractivity (Wildman–Crippen MR) is 131 cm³/mol. The molecule has 2 aliphatic rings. The topological polar surface area (TPSA) is 105 Å². The zero-order valence-corrected chi connectivity index (χ0v) is 19.3. The molecule has 35 heavy (non-hydrogen) atoms. The molecule has 1 saturated carbocycles. The number of carboxylic acid groups (broad SMARTS) is 1. The van der Waals surface area contributed by atoms with Crippen LogP contribution in [0.1, 0.15) is 45.8 Å². The second kappa shape index (κ2) is 9.25. The molecule has 7 heteroatoms. The molecule has 1 unspecified atom stereocenters. The zero-order chi connectivity index (χ0) is 24.5. The Morgan fingerprint density at radius 2 is 1.60 bits per heavy atom. The Morgan fingerprint density at radius 1 is 0.971 bits per heavy atom. The number of carboxylic acids is 1. The highest BCUT2D eigenvalue weighted by molar-refractivity contribution is 6.03. The van der Waals surface area contributed by atoms with Gasteiger partial charge < -0.3 is 20.5 Å². The number of benzene rings is 3. The third-order valence-corrected chi connectivity index (χ3v) is 6.66. The quantitative estimate of drug-likeness (QED) is 0.453. The van der Waals surface area contributed by atoms with Gasteiger partial charge in [-0.3, -0.25) is 4.79 Å². The van der Waals surface area contributed by atoms with Crippen LogP contribution in [0.4, 0.5) is 10.5 Å². The number of rotatable bonds is 7. The molecule has 0 spiro atoms. The van der Waals surface area contributed by atoms with E-state index in [1.165, 1.54) is 6.07 Å². The Kier molecular flexibility index (Phi) is 5.99. The van der Waals surface area contributed by atoms with Gasteiger partial charge in [0.2, 0.25) is 5.91 Å². The number of hydrogen-bond donors (Lipinski definition) is 3. The third kappa shape index (κ3) is 4.62. The van der Waals surface area contributed by atoms with Crippen LogP contribution in [-0.2, 0) is 9.53 Å². The van der Waals surface area contributed by atoms with Crippen molar-refractivity contribution in [3.63, 3.8) is 0 Å². The second-order valence-corrected chi connectivity index (χ2v) is 9.13. The van der Waals surface area contributed by atoms with Crippen molar-refractivity contribution in [3.05, 3.63) is 89.0 Å². The molecule has 2 aliphatic carbocycles. The minimum atomic E-state index is -1.13. The predicted octanol–water partition coefficient (Wildman–Crippen LogP) is 4.95. The summed E-state index contributed by atoms with van der Waals surface area (Å²) >= 11 is 0. The van der Waals surface area contributed by atoms with Gasteiger partial charge in [0.05, 0.1) is 11.3 Å². The van der Waals surface area contributed by atoms with E-state index in [0.29, 0.717) is 0 Å². The van der Waals surface area contributed by atoms with Crippen LogP contribution in [0.5, 0.6) is 0 Å². The first-order valence-electron chi connectivity index (χ1n) is 11.7. The molecule has 3 aromatic carbocycles. The summed E-state index contributed by atoms with van der Waals surface area (Å²) in [6, 6.07) is 20.2. The molecule has 3 N–H and O–H groups in total. The normalized spacial score (nSPS) is 15.0. The summed E-state index contributed by atoms with van der Waals surface area (Å²) in [7, 11) is 0. The summed E-state index contributed by atoms with van der Waals surface area (Å²) in [4.78, 5) is 37.3. The van der Waals surface area contributed by atoms with Crippen molar-refractivity contribution in [1.82, 2.24) is 5.32 Å². The molecule has 0 aromatic heterocycles. The number of carbonyl (C=O) groups is 3. The molecule has 1 fully saturated rings. The fraction of sp³-hybridized carbons (Fsp3) is 0.250. The van der Waals surface area contributed by atoms with Crippen molar-refractivity contribution >= 4 is 23.7 Å². The summed E-state index contributed by atoms with van der Waals surface area (Å²) in [6.45, 7) is 1.93. The van der Waals surface area contributed by atoms with Crippen molar-refractivity contribution in [3.8, 4) is 11.1 Å². The Bertz CT molecular complexity index is 1270. The van der Waals surface area contributed by atoms with Gasteiger partial charge in [0, 0.05) is 5.92 Å². The van der Waals surface area contributed by atoms with Crippen LogP contribution in [0.2, 0.25) is 0 Å². The lowest BCUT2D eigenvalue weighted by atomic mass is 9.98. The van der Waals surface area contributed by atoms with Crippen LogP contribution in [0.25, 0.3) is 11.1 Å². The van der Waals surface area contributed by atoms with Gasteiger partial charge in [0.15, 0.2) is 0 Å². The van der Waals surface area contributed by atoms with Gasteiger partial charge in [-0.05, 0) is 60.1 Å². The molecule has 2 amide bonds. The molecule has 1 atom stereocenters. The van der Waals surface area contributed by atoms with E-state index in [2.05, 4.69) is 22.8 Å². The van der Waals surface area contributed by atoms with Crippen LogP contribution in [-0.4, -0.2) is 35.7 Å². The van der Waals surface area contributed by atoms with Gasteiger partial charge in [-0.25, -0.2) is 9.59 Å². The molecule has 0 saturated heterocycles. The number of ether oxygens (including phenoxy) is 1. The first kappa shape index (κ1) is 22.7. The lowest BCUT2D eigenvalue weighted by Crippen LogP contribution is -2.45. The van der Waals surface area contributed by atoms with E-state index in [0.717, 1.165) is 40.7 Å². The number of aromatic carboxylic acids is 1. The largest absolute Gasteiger partial charge is 0.478 e. The number of hydrogen-bond acceptors (Lipinski definition) is 4. The summed E-state index contributed by atoms with van der Waals surface area (Å²) in [5, 5.41) is 14.9. The maximum absolute atomic E-state index is 13.0. The smallest absolute Gasteiger partial charge is 0.407 e. The van der Waals surface area contributed by atoms with Crippen molar-refractivity contribution in [2.75, 3.05) is 11.9 Å². The molecule has 0 radical (unpaired) electrons. The Morgan fingerprint density at radius 3 is 2.20 bits per heavy atom. The monoisotopic (exact) mass is 470 g/mol. The molecular weight excluding hydrogens is 444 g/mol. The first-order chi connectivity index (χ1) is 16.9. The highest BCUT2D eigenvalue weighted by Crippen LogP contribution is 2.44. The SMILES string of the molecule is Cc1ccc(NC(=O)C(NC(=O)OCC2c3ccccc3-c3ccccc32)C2CC2)c(C(=O)O)c1. The van der Waals surface area contributed by atoms with Crippen molar-refractivity contribution in [1.29, 1.82) is 0 Å². The van der Waals surface area contributed by atoms with Crippen molar-refractivity contribution in [2.45, 2.75) is 31.7 Å². The van der Waals surface area contributed by atoms with Gasteiger partial charge in [0.25, 0.3) is 0 Å². The molecule has 0 heterocycles. The lowest BCUT2D eigenvalue weighted by Gasteiger charge is -2.20. The minimum absolute atomic E-state index is 0.00536. The molecule has 3 aromatic rings. The first-order valence-corrected chi connectivity index (χ1v) is 11.7. The average molecular weight is 471 g/mol. The van der Waals surface area contributed by atoms with E-state index in [4.69, 9.17) is 4.74 Å². The molecule has 0 bridgehead atoms. The molecular formula is C28H26N2O5. The number of carbonyl (C=O) groups excluding carboxylic acids is 2. The van der Waals surface area contributed by atoms with Crippen molar-refractivity contribution < 1.29 is 24.2 Å². The van der Waals surface area contributed by atoms with E-state index in [1.807, 2.05) is 36.4 Å². The van der Waals surface area contributed by atoms with Crippen LogP contribution in [0.3, 0.4) is 0 Å². The highest BCUT2D eigenvalue weighted by atomic mass is 16.5. The number of amides is 2. The number of nitrogens with one attached hydrogen (secondary N) is 2.